The average Bonchev–Trinajstić information content (AvgIpc) is 2.36. The number of hydrogen-bond donors (Lipinski definition) is 0. The van der Waals surface area contributed by atoms with Crippen LogP contribution in [-0.2, 0) is 0 Å². The van der Waals surface area contributed by atoms with Gasteiger partial charge in [-0.05, 0) is 41.6 Å². The van der Waals surface area contributed by atoms with Crippen LogP contribution in [-0.4, -0.2) is 9.97 Å². The van der Waals surface area contributed by atoms with E-state index in [9.17, 15) is 0 Å². The lowest BCUT2D eigenvalue weighted by molar-refractivity contribution is 0.457. The molecule has 1 aromatic heterocycles. The van der Waals surface area contributed by atoms with E-state index in [0.717, 1.165) is 11.3 Å². The number of ether oxygens (including phenoxy) is 1. The monoisotopic (exact) mass is 296 g/mol. The number of benzene rings is 1. The molecular weight excluding hydrogens is 283 g/mol. The van der Waals surface area contributed by atoms with Gasteiger partial charge < -0.3 is 4.74 Å². The molecule has 0 aliphatic rings. The quantitative estimate of drug-likeness (QED) is 0.747. The highest BCUT2D eigenvalue weighted by molar-refractivity contribution is 6.32. The minimum atomic E-state index is 0.108. The van der Waals surface area contributed by atoms with Crippen LogP contribution in [0.4, 0.5) is 0 Å². The van der Waals surface area contributed by atoms with E-state index in [2.05, 4.69) is 29.9 Å². The Labute approximate surface area is 122 Å². The molecule has 5 heteroatoms. The summed E-state index contributed by atoms with van der Waals surface area (Å²) in [4.78, 5) is 7.78. The Morgan fingerprint density at radius 1 is 1.21 bits per heavy atom. The molecule has 1 aromatic carbocycles. The molecule has 0 aliphatic carbocycles. The van der Waals surface area contributed by atoms with Crippen molar-refractivity contribution in [1.29, 1.82) is 0 Å². The van der Waals surface area contributed by atoms with Gasteiger partial charge >= 0.3 is 0 Å². The molecule has 0 saturated heterocycles. The molecule has 3 nitrogen and oxygen atoms in total. The average molecular weight is 297 g/mol. The Morgan fingerprint density at radius 3 is 2.63 bits per heavy atom. The molecular formula is C14H14Cl2N2O. The van der Waals surface area contributed by atoms with Gasteiger partial charge in [0.25, 0.3) is 0 Å². The van der Waals surface area contributed by atoms with Crippen LogP contribution in [0.25, 0.3) is 0 Å². The van der Waals surface area contributed by atoms with Gasteiger partial charge in [0, 0.05) is 0 Å². The third-order valence-electron chi connectivity index (χ3n) is 2.77. The van der Waals surface area contributed by atoms with Crippen LogP contribution in [0.1, 0.15) is 30.9 Å². The van der Waals surface area contributed by atoms with Gasteiger partial charge in [-0.15, -0.1) is 0 Å². The molecule has 0 amide bonds. The zero-order valence-electron chi connectivity index (χ0n) is 10.9. The first-order chi connectivity index (χ1) is 8.97. The second-order valence-corrected chi connectivity index (χ2v) is 5.32. The number of rotatable bonds is 3. The molecule has 0 radical (unpaired) electrons. The summed E-state index contributed by atoms with van der Waals surface area (Å²) in [7, 11) is 0. The largest absolute Gasteiger partial charge is 0.437 e. The van der Waals surface area contributed by atoms with Crippen molar-refractivity contribution in [1.82, 2.24) is 9.97 Å². The number of nitrogens with zero attached hydrogens (tertiary/aromatic N) is 2. The molecule has 0 aliphatic heterocycles. The lowest BCUT2D eigenvalue weighted by atomic mass is 10.0. The molecule has 1 heterocycles. The summed E-state index contributed by atoms with van der Waals surface area (Å²) in [5, 5.41) is 0.441. The zero-order chi connectivity index (χ0) is 14.0. The number of hydrogen-bond acceptors (Lipinski definition) is 3. The zero-order valence-corrected chi connectivity index (χ0v) is 12.5. The van der Waals surface area contributed by atoms with Crippen LogP contribution >= 0.6 is 23.2 Å². The first kappa shape index (κ1) is 14.1. The van der Waals surface area contributed by atoms with Crippen molar-refractivity contribution in [2.45, 2.75) is 26.7 Å². The first-order valence-corrected chi connectivity index (χ1v) is 6.69. The molecule has 0 bridgehead atoms. The molecule has 0 spiro atoms. The summed E-state index contributed by atoms with van der Waals surface area (Å²) < 4.78 is 5.74. The highest BCUT2D eigenvalue weighted by Crippen LogP contribution is 2.31. The Hall–Kier alpha value is -1.32. The minimum absolute atomic E-state index is 0.108. The first-order valence-electron chi connectivity index (χ1n) is 5.94. The van der Waals surface area contributed by atoms with Gasteiger partial charge in [0.15, 0.2) is 0 Å². The van der Waals surface area contributed by atoms with E-state index in [1.165, 1.54) is 11.8 Å². The van der Waals surface area contributed by atoms with Gasteiger partial charge in [-0.3, -0.25) is 0 Å². The van der Waals surface area contributed by atoms with E-state index in [1.54, 1.807) is 0 Å². The number of halogens is 2. The Bertz CT molecular complexity index is 600. The Kier molecular flexibility index (Phi) is 4.27. The second-order valence-electron chi connectivity index (χ2n) is 4.57. The second kappa shape index (κ2) is 5.76. The van der Waals surface area contributed by atoms with Crippen LogP contribution in [0.3, 0.4) is 0 Å². The Morgan fingerprint density at radius 2 is 1.95 bits per heavy atom. The van der Waals surface area contributed by atoms with Crippen LogP contribution in [0.5, 0.6) is 11.6 Å². The van der Waals surface area contributed by atoms with Gasteiger partial charge in [-0.25, -0.2) is 4.98 Å². The smallest absolute Gasteiger partial charge is 0.242 e. The highest BCUT2D eigenvalue weighted by atomic mass is 35.5. The molecule has 2 rings (SSSR count). The fourth-order valence-corrected chi connectivity index (χ4v) is 1.85. The summed E-state index contributed by atoms with van der Waals surface area (Å²) >= 11 is 11.7. The lowest BCUT2D eigenvalue weighted by Crippen LogP contribution is -1.95. The molecule has 0 unspecified atom stereocenters. The summed E-state index contributed by atoms with van der Waals surface area (Å²) in [5.74, 6) is 1.42. The number of aryl methyl sites for hydroxylation is 1. The van der Waals surface area contributed by atoms with Gasteiger partial charge in [0.05, 0.1) is 6.20 Å². The highest BCUT2D eigenvalue weighted by Gasteiger charge is 2.10. The normalized spacial score (nSPS) is 10.8. The fraction of sp³-hybridized carbons (Fsp3) is 0.286. The van der Waals surface area contributed by atoms with Crippen LogP contribution < -0.4 is 4.74 Å². The maximum Gasteiger partial charge on any atom is 0.242 e. The van der Waals surface area contributed by atoms with E-state index in [4.69, 9.17) is 27.9 Å². The molecule has 19 heavy (non-hydrogen) atoms. The van der Waals surface area contributed by atoms with Crippen molar-refractivity contribution in [2.75, 3.05) is 0 Å². The SMILES string of the molecule is Cc1ccc(C(C)C)cc1Oc1nc(Cl)ncc1Cl. The Balaban J connectivity index is 2.37. The van der Waals surface area contributed by atoms with Crippen molar-refractivity contribution in [3.63, 3.8) is 0 Å². The third-order valence-corrected chi connectivity index (χ3v) is 3.21. The van der Waals surface area contributed by atoms with Gasteiger partial charge in [0.2, 0.25) is 11.2 Å². The standard InChI is InChI=1S/C14H14Cl2N2O/c1-8(2)10-5-4-9(3)12(6-10)19-13-11(15)7-17-14(16)18-13/h4-8H,1-3H3. The van der Waals surface area contributed by atoms with Crippen molar-refractivity contribution in [3.8, 4) is 11.6 Å². The maximum atomic E-state index is 5.99. The predicted molar refractivity (Wildman–Crippen MR) is 77.4 cm³/mol. The van der Waals surface area contributed by atoms with E-state index in [-0.39, 0.29) is 11.2 Å². The molecule has 100 valence electrons. The fourth-order valence-electron chi connectivity index (χ4n) is 1.59. The summed E-state index contributed by atoms with van der Waals surface area (Å²) in [6.07, 6.45) is 1.42. The summed E-state index contributed by atoms with van der Waals surface area (Å²) in [6.45, 7) is 6.22. The summed E-state index contributed by atoms with van der Waals surface area (Å²) in [6, 6.07) is 6.09. The van der Waals surface area contributed by atoms with E-state index >= 15 is 0 Å². The van der Waals surface area contributed by atoms with Crippen molar-refractivity contribution in [3.05, 3.63) is 45.8 Å². The van der Waals surface area contributed by atoms with Gasteiger partial charge in [-0.1, -0.05) is 37.6 Å². The van der Waals surface area contributed by atoms with E-state index in [0.29, 0.717) is 10.9 Å². The summed E-state index contributed by atoms with van der Waals surface area (Å²) in [5.41, 5.74) is 2.20. The van der Waals surface area contributed by atoms with Gasteiger partial charge in [0.1, 0.15) is 10.8 Å². The molecule has 0 fully saturated rings. The third kappa shape index (κ3) is 3.37. The number of aromatic nitrogens is 2. The van der Waals surface area contributed by atoms with E-state index < -0.39 is 0 Å². The molecule has 0 saturated carbocycles. The minimum Gasteiger partial charge on any atom is -0.437 e. The molecule has 2 aromatic rings. The van der Waals surface area contributed by atoms with E-state index in [1.807, 2.05) is 19.1 Å². The molecule has 0 N–H and O–H groups in total. The maximum absolute atomic E-state index is 5.99. The van der Waals surface area contributed by atoms with Crippen molar-refractivity contribution in [2.24, 2.45) is 0 Å². The van der Waals surface area contributed by atoms with Gasteiger partial charge in [-0.2, -0.15) is 4.98 Å². The van der Waals surface area contributed by atoms with Crippen LogP contribution in [0, 0.1) is 6.92 Å². The molecule has 0 atom stereocenters. The predicted octanol–water partition coefficient (Wildman–Crippen LogP) is 5.01. The van der Waals surface area contributed by atoms with Crippen molar-refractivity contribution < 1.29 is 4.74 Å². The van der Waals surface area contributed by atoms with Crippen molar-refractivity contribution >= 4 is 23.2 Å². The van der Waals surface area contributed by atoms with Crippen LogP contribution in [0.2, 0.25) is 10.3 Å². The lowest BCUT2D eigenvalue weighted by Gasteiger charge is -2.12. The van der Waals surface area contributed by atoms with Crippen LogP contribution in [0.15, 0.2) is 24.4 Å². The topological polar surface area (TPSA) is 35.0 Å².